The molecule has 0 fully saturated rings. The maximum atomic E-state index is 12.0. The van der Waals surface area contributed by atoms with E-state index in [2.05, 4.69) is 5.32 Å². The van der Waals surface area contributed by atoms with Gasteiger partial charge in [-0.2, -0.15) is 0 Å². The lowest BCUT2D eigenvalue weighted by atomic mass is 10.0. The van der Waals surface area contributed by atoms with Gasteiger partial charge in [0.25, 0.3) is 0 Å². The van der Waals surface area contributed by atoms with Crippen LogP contribution in [0.25, 0.3) is 0 Å². The van der Waals surface area contributed by atoms with Gasteiger partial charge in [-0.15, -0.1) is 0 Å². The molecule has 0 aliphatic heterocycles. The highest BCUT2D eigenvalue weighted by molar-refractivity contribution is 7.91. The highest BCUT2D eigenvalue weighted by Gasteiger charge is 2.20. The van der Waals surface area contributed by atoms with E-state index in [1.54, 1.807) is 25.1 Å². The molecule has 0 bridgehead atoms. The Morgan fingerprint density at radius 1 is 1.30 bits per heavy atom. The number of amides is 1. The first-order chi connectivity index (χ1) is 9.27. The normalized spacial score (nSPS) is 13.2. The number of sulfone groups is 1. The molecule has 0 saturated carbocycles. The smallest absolute Gasteiger partial charge is 0.241 e. The molecule has 0 aliphatic carbocycles. The number of carbonyl (C=O) groups is 1. The number of carbonyl (C=O) groups excluding carboxylic acids is 1. The lowest BCUT2D eigenvalue weighted by Gasteiger charge is -2.16. The van der Waals surface area contributed by atoms with Crippen molar-refractivity contribution in [2.45, 2.75) is 38.1 Å². The number of para-hydroxylation sites is 1. The lowest BCUT2D eigenvalue weighted by Crippen LogP contribution is -2.37. The van der Waals surface area contributed by atoms with Crippen LogP contribution in [0.3, 0.4) is 0 Å². The highest BCUT2D eigenvalue weighted by Crippen LogP contribution is 2.22. The summed E-state index contributed by atoms with van der Waals surface area (Å²) >= 11 is 0. The molecule has 0 saturated heterocycles. The Labute approximate surface area is 120 Å². The van der Waals surface area contributed by atoms with Crippen LogP contribution in [0.5, 0.6) is 0 Å². The van der Waals surface area contributed by atoms with E-state index >= 15 is 0 Å². The molecule has 112 valence electrons. The van der Waals surface area contributed by atoms with Gasteiger partial charge in [0, 0.05) is 0 Å². The third-order valence-electron chi connectivity index (χ3n) is 2.92. The van der Waals surface area contributed by atoms with Crippen LogP contribution >= 0.6 is 0 Å². The average molecular weight is 298 g/mol. The SMILES string of the molecule is CCS(=O)(=O)c1ccccc1NC(=O)[C@@H](N)CC(C)C. The summed E-state index contributed by atoms with van der Waals surface area (Å²) < 4.78 is 23.9. The number of rotatable bonds is 6. The quantitative estimate of drug-likeness (QED) is 0.838. The first kappa shape index (κ1) is 16.7. The molecule has 1 atom stereocenters. The van der Waals surface area contributed by atoms with Gasteiger partial charge in [0.15, 0.2) is 9.84 Å². The molecule has 1 amide bonds. The summed E-state index contributed by atoms with van der Waals surface area (Å²) in [6, 6.07) is 5.72. The largest absolute Gasteiger partial charge is 0.324 e. The van der Waals surface area contributed by atoms with E-state index in [0.29, 0.717) is 18.0 Å². The first-order valence-electron chi connectivity index (χ1n) is 6.66. The molecule has 0 unspecified atom stereocenters. The Morgan fingerprint density at radius 2 is 1.90 bits per heavy atom. The highest BCUT2D eigenvalue weighted by atomic mass is 32.2. The molecule has 0 radical (unpaired) electrons. The van der Waals surface area contributed by atoms with E-state index in [0.717, 1.165) is 0 Å². The predicted octanol–water partition coefficient (Wildman–Crippen LogP) is 1.79. The van der Waals surface area contributed by atoms with Gasteiger partial charge in [0.05, 0.1) is 22.4 Å². The minimum atomic E-state index is -3.38. The second kappa shape index (κ2) is 6.85. The maximum absolute atomic E-state index is 12.0. The van der Waals surface area contributed by atoms with Crippen LogP contribution in [-0.2, 0) is 14.6 Å². The number of hydrogen-bond donors (Lipinski definition) is 2. The van der Waals surface area contributed by atoms with Crippen LogP contribution in [0.1, 0.15) is 27.2 Å². The Balaban J connectivity index is 2.97. The fourth-order valence-electron chi connectivity index (χ4n) is 1.84. The van der Waals surface area contributed by atoms with Crippen molar-refractivity contribution < 1.29 is 13.2 Å². The van der Waals surface area contributed by atoms with Crippen molar-refractivity contribution in [3.8, 4) is 0 Å². The Hall–Kier alpha value is -1.40. The maximum Gasteiger partial charge on any atom is 0.241 e. The molecule has 0 spiro atoms. The van der Waals surface area contributed by atoms with E-state index in [1.807, 2.05) is 13.8 Å². The Bertz CT molecular complexity index is 568. The van der Waals surface area contributed by atoms with Crippen molar-refractivity contribution in [3.05, 3.63) is 24.3 Å². The van der Waals surface area contributed by atoms with Gasteiger partial charge in [-0.25, -0.2) is 8.42 Å². The van der Waals surface area contributed by atoms with Crippen molar-refractivity contribution in [2.75, 3.05) is 11.1 Å². The van der Waals surface area contributed by atoms with Crippen LogP contribution in [-0.4, -0.2) is 26.1 Å². The summed E-state index contributed by atoms with van der Waals surface area (Å²) in [7, 11) is -3.38. The van der Waals surface area contributed by atoms with Crippen molar-refractivity contribution in [3.63, 3.8) is 0 Å². The van der Waals surface area contributed by atoms with E-state index < -0.39 is 15.9 Å². The fraction of sp³-hybridized carbons (Fsp3) is 0.500. The van der Waals surface area contributed by atoms with Gasteiger partial charge in [0.2, 0.25) is 5.91 Å². The number of hydrogen-bond acceptors (Lipinski definition) is 4. The second-order valence-electron chi connectivity index (χ2n) is 5.12. The molecule has 1 rings (SSSR count). The van der Waals surface area contributed by atoms with Crippen LogP contribution in [0.4, 0.5) is 5.69 Å². The van der Waals surface area contributed by atoms with E-state index in [4.69, 9.17) is 5.73 Å². The molecule has 1 aromatic rings. The molecular weight excluding hydrogens is 276 g/mol. The van der Waals surface area contributed by atoms with Crippen molar-refractivity contribution in [1.29, 1.82) is 0 Å². The van der Waals surface area contributed by atoms with Crippen LogP contribution in [0.15, 0.2) is 29.2 Å². The van der Waals surface area contributed by atoms with Crippen molar-refractivity contribution >= 4 is 21.4 Å². The van der Waals surface area contributed by atoms with Crippen LogP contribution in [0, 0.1) is 5.92 Å². The Kier molecular flexibility index (Phi) is 5.71. The summed E-state index contributed by atoms with van der Waals surface area (Å²) in [5, 5.41) is 2.61. The van der Waals surface area contributed by atoms with Crippen molar-refractivity contribution in [1.82, 2.24) is 0 Å². The standard InChI is InChI=1S/C14H22N2O3S/c1-4-20(18,19)13-8-6-5-7-12(13)16-14(17)11(15)9-10(2)3/h5-8,10-11H,4,9,15H2,1-3H3,(H,16,17)/t11-/m0/s1. The molecule has 0 aromatic heterocycles. The first-order valence-corrected chi connectivity index (χ1v) is 8.31. The van der Waals surface area contributed by atoms with E-state index in [1.165, 1.54) is 6.07 Å². The van der Waals surface area contributed by atoms with Gasteiger partial charge < -0.3 is 11.1 Å². The summed E-state index contributed by atoms with van der Waals surface area (Å²) in [4.78, 5) is 12.1. The molecule has 0 heterocycles. The summed E-state index contributed by atoms with van der Waals surface area (Å²) in [6.45, 7) is 5.52. The monoisotopic (exact) mass is 298 g/mol. The molecule has 1 aromatic carbocycles. The molecule has 3 N–H and O–H groups in total. The number of benzene rings is 1. The molecule has 5 nitrogen and oxygen atoms in total. The van der Waals surface area contributed by atoms with E-state index in [-0.39, 0.29) is 16.6 Å². The topological polar surface area (TPSA) is 89.3 Å². The zero-order valence-electron chi connectivity index (χ0n) is 12.1. The lowest BCUT2D eigenvalue weighted by molar-refractivity contribution is -0.117. The average Bonchev–Trinajstić information content (AvgIpc) is 2.38. The minimum absolute atomic E-state index is 0.0159. The fourth-order valence-corrected chi connectivity index (χ4v) is 2.89. The molecule has 20 heavy (non-hydrogen) atoms. The number of nitrogens with one attached hydrogen (secondary N) is 1. The zero-order chi connectivity index (χ0) is 15.3. The Morgan fingerprint density at radius 3 is 2.45 bits per heavy atom. The van der Waals surface area contributed by atoms with Gasteiger partial charge in [-0.05, 0) is 24.5 Å². The molecule has 6 heteroatoms. The number of nitrogens with two attached hydrogens (primary N) is 1. The number of anilines is 1. The van der Waals surface area contributed by atoms with Crippen molar-refractivity contribution in [2.24, 2.45) is 11.7 Å². The minimum Gasteiger partial charge on any atom is -0.324 e. The predicted molar refractivity (Wildman–Crippen MR) is 80.2 cm³/mol. The second-order valence-corrected chi connectivity index (χ2v) is 7.37. The van der Waals surface area contributed by atoms with Gasteiger partial charge in [-0.1, -0.05) is 32.9 Å². The van der Waals surface area contributed by atoms with Crippen LogP contribution in [0.2, 0.25) is 0 Å². The molecular formula is C14H22N2O3S. The van der Waals surface area contributed by atoms with Gasteiger partial charge in [-0.3, -0.25) is 4.79 Å². The zero-order valence-corrected chi connectivity index (χ0v) is 12.9. The molecule has 0 aliphatic rings. The summed E-state index contributed by atoms with van der Waals surface area (Å²) in [6.07, 6.45) is 0.550. The van der Waals surface area contributed by atoms with E-state index in [9.17, 15) is 13.2 Å². The summed E-state index contributed by atoms with van der Waals surface area (Å²) in [5.41, 5.74) is 6.09. The third-order valence-corrected chi connectivity index (χ3v) is 4.71. The van der Waals surface area contributed by atoms with Gasteiger partial charge in [0.1, 0.15) is 0 Å². The summed E-state index contributed by atoms with van der Waals surface area (Å²) in [5.74, 6) is -0.0828. The van der Waals surface area contributed by atoms with Crippen LogP contribution < -0.4 is 11.1 Å². The third kappa shape index (κ3) is 4.31. The van der Waals surface area contributed by atoms with Gasteiger partial charge >= 0.3 is 0 Å².